The number of ether oxygens (including phenoxy) is 1. The van der Waals surface area contributed by atoms with E-state index in [-0.39, 0.29) is 30.8 Å². The van der Waals surface area contributed by atoms with Gasteiger partial charge in [-0.3, -0.25) is 4.79 Å². The average Bonchev–Trinajstić information content (AvgIpc) is 2.91. The smallest absolute Gasteiger partial charge is 0.416 e. The molecule has 2 amide bonds. The third-order valence-electron chi connectivity index (χ3n) is 7.67. The van der Waals surface area contributed by atoms with Gasteiger partial charge in [-0.25, -0.2) is 9.18 Å². The van der Waals surface area contributed by atoms with Crippen LogP contribution in [0.5, 0.6) is 0 Å². The van der Waals surface area contributed by atoms with Crippen molar-refractivity contribution in [3.05, 3.63) is 59.4 Å². The van der Waals surface area contributed by atoms with E-state index in [0.29, 0.717) is 62.8 Å². The molecule has 3 aliphatic rings. The lowest BCUT2D eigenvalue weighted by atomic mass is 9.82. The lowest BCUT2D eigenvalue weighted by Crippen LogP contribution is -2.62. The molecule has 0 radical (unpaired) electrons. The van der Waals surface area contributed by atoms with Crippen LogP contribution in [0.25, 0.3) is 0 Å². The molecule has 2 saturated heterocycles. The molecule has 3 aliphatic heterocycles. The number of benzene rings is 2. The van der Waals surface area contributed by atoms with Gasteiger partial charge in [0, 0.05) is 51.5 Å². The zero-order valence-corrected chi connectivity index (χ0v) is 21.1. The van der Waals surface area contributed by atoms with Gasteiger partial charge in [0.2, 0.25) is 5.91 Å². The topological polar surface area (TPSA) is 56.3 Å². The van der Waals surface area contributed by atoms with E-state index in [0.717, 1.165) is 12.1 Å². The van der Waals surface area contributed by atoms with Crippen molar-refractivity contribution in [3.8, 4) is 0 Å². The zero-order chi connectivity index (χ0) is 27.0. The molecule has 11 heteroatoms. The third-order valence-corrected chi connectivity index (χ3v) is 7.67. The fraction of sp³-hybridized carbons (Fsp3) is 0.481. The van der Waals surface area contributed by atoms with Crippen LogP contribution in [0.1, 0.15) is 18.1 Å². The molecule has 0 N–H and O–H groups in total. The van der Waals surface area contributed by atoms with Gasteiger partial charge in [-0.15, -0.1) is 0 Å². The van der Waals surface area contributed by atoms with Crippen molar-refractivity contribution in [1.82, 2.24) is 9.80 Å². The van der Waals surface area contributed by atoms with E-state index in [9.17, 15) is 27.2 Å². The first-order valence-corrected chi connectivity index (χ1v) is 12.8. The number of alkyl halides is 3. The molecule has 204 valence electrons. The van der Waals surface area contributed by atoms with Crippen molar-refractivity contribution >= 4 is 23.4 Å². The van der Waals surface area contributed by atoms with E-state index < -0.39 is 23.8 Å². The number of rotatable bonds is 3. The molecule has 0 unspecified atom stereocenters. The summed E-state index contributed by atoms with van der Waals surface area (Å²) in [5.74, 6) is -1.14. The van der Waals surface area contributed by atoms with Gasteiger partial charge in [-0.1, -0.05) is 12.1 Å². The number of halogens is 4. The number of hydrogen-bond acceptors (Lipinski definition) is 5. The van der Waals surface area contributed by atoms with Crippen molar-refractivity contribution in [2.45, 2.75) is 25.6 Å². The van der Waals surface area contributed by atoms with Gasteiger partial charge >= 0.3 is 12.3 Å². The molecule has 2 aromatic rings. The molecule has 0 saturated carbocycles. The van der Waals surface area contributed by atoms with Gasteiger partial charge in [-0.05, 0) is 49.2 Å². The standard InChI is InChI=1S/C27H30F4N4O3/c1-2-38-26(37)33-11-9-32(10-12-33)25(36)20-16-18-15-19(27(29,30)31)7-8-22(18)35-14-13-34(17-24(20)35)23-6-4-3-5-21(23)28/h3-8,15,20,24H,2,9-14,16-17H2,1H3/t20-,24+/m0/s1. The molecule has 5 rings (SSSR count). The second-order valence-electron chi connectivity index (χ2n) is 9.82. The van der Waals surface area contributed by atoms with Crippen molar-refractivity contribution in [2.75, 3.05) is 62.2 Å². The maximum absolute atomic E-state index is 14.6. The van der Waals surface area contributed by atoms with Crippen LogP contribution >= 0.6 is 0 Å². The average molecular weight is 535 g/mol. The quantitative estimate of drug-likeness (QED) is 0.557. The number of hydrogen-bond donors (Lipinski definition) is 0. The number of piperazine rings is 2. The Morgan fingerprint density at radius 1 is 0.947 bits per heavy atom. The first-order chi connectivity index (χ1) is 18.2. The van der Waals surface area contributed by atoms with Crippen molar-refractivity contribution < 1.29 is 31.9 Å². The Kier molecular flexibility index (Phi) is 7.11. The van der Waals surface area contributed by atoms with Gasteiger partial charge in [-0.2, -0.15) is 13.2 Å². The fourth-order valence-electron chi connectivity index (χ4n) is 5.77. The van der Waals surface area contributed by atoms with Crippen LogP contribution in [0.3, 0.4) is 0 Å². The minimum absolute atomic E-state index is 0.155. The van der Waals surface area contributed by atoms with E-state index in [1.54, 1.807) is 34.9 Å². The number of fused-ring (bicyclic) bond motifs is 3. The summed E-state index contributed by atoms with van der Waals surface area (Å²) in [7, 11) is 0. The van der Waals surface area contributed by atoms with E-state index in [1.807, 2.05) is 9.80 Å². The van der Waals surface area contributed by atoms with Crippen LogP contribution in [-0.4, -0.2) is 80.3 Å². The predicted octanol–water partition coefficient (Wildman–Crippen LogP) is 4.01. The summed E-state index contributed by atoms with van der Waals surface area (Å²) in [6.07, 6.45) is -4.76. The number of carbonyl (C=O) groups is 2. The lowest BCUT2D eigenvalue weighted by Gasteiger charge is -2.50. The molecule has 0 aromatic heterocycles. The molecule has 0 spiro atoms. The highest BCUT2D eigenvalue weighted by Gasteiger charge is 2.44. The highest BCUT2D eigenvalue weighted by atomic mass is 19.4. The first-order valence-electron chi connectivity index (χ1n) is 12.8. The van der Waals surface area contributed by atoms with Gasteiger partial charge in [0.05, 0.1) is 29.8 Å². The van der Waals surface area contributed by atoms with E-state index in [2.05, 4.69) is 0 Å². The zero-order valence-electron chi connectivity index (χ0n) is 21.1. The Labute approximate surface area is 218 Å². The largest absolute Gasteiger partial charge is 0.450 e. The third kappa shape index (κ3) is 4.98. The van der Waals surface area contributed by atoms with Gasteiger partial charge in [0.25, 0.3) is 0 Å². The second kappa shape index (κ2) is 10.3. The Morgan fingerprint density at radius 2 is 1.66 bits per heavy atom. The summed E-state index contributed by atoms with van der Waals surface area (Å²) in [5, 5.41) is 0. The molecular formula is C27H30F4N4O3. The number of carbonyl (C=O) groups excluding carboxylic acids is 2. The first kappa shape index (κ1) is 26.1. The Hall–Kier alpha value is -3.50. The van der Waals surface area contributed by atoms with Crippen LogP contribution < -0.4 is 9.80 Å². The van der Waals surface area contributed by atoms with Crippen LogP contribution in [0.15, 0.2) is 42.5 Å². The van der Waals surface area contributed by atoms with Crippen LogP contribution in [0.2, 0.25) is 0 Å². The van der Waals surface area contributed by atoms with Crippen molar-refractivity contribution in [3.63, 3.8) is 0 Å². The summed E-state index contributed by atoms with van der Waals surface area (Å²) in [6.45, 7) is 4.53. The molecule has 0 aliphatic carbocycles. The summed E-state index contributed by atoms with van der Waals surface area (Å²) >= 11 is 0. The Balaban J connectivity index is 1.42. The van der Waals surface area contributed by atoms with Crippen molar-refractivity contribution in [2.24, 2.45) is 5.92 Å². The molecular weight excluding hydrogens is 504 g/mol. The highest BCUT2D eigenvalue weighted by Crippen LogP contribution is 2.41. The fourth-order valence-corrected chi connectivity index (χ4v) is 5.77. The monoisotopic (exact) mass is 534 g/mol. The Morgan fingerprint density at radius 3 is 2.34 bits per heavy atom. The predicted molar refractivity (Wildman–Crippen MR) is 134 cm³/mol. The maximum Gasteiger partial charge on any atom is 0.416 e. The number of amides is 2. The van der Waals surface area contributed by atoms with Gasteiger partial charge in [0.15, 0.2) is 0 Å². The van der Waals surface area contributed by atoms with Crippen LogP contribution in [0.4, 0.5) is 33.7 Å². The summed E-state index contributed by atoms with van der Waals surface area (Å²) < 4.78 is 60.2. The normalized spacial score (nSPS) is 21.6. The molecule has 2 fully saturated rings. The number of para-hydroxylation sites is 1. The number of anilines is 2. The van der Waals surface area contributed by atoms with Crippen LogP contribution in [0, 0.1) is 11.7 Å². The van der Waals surface area contributed by atoms with Crippen LogP contribution in [-0.2, 0) is 22.1 Å². The second-order valence-corrected chi connectivity index (χ2v) is 9.82. The van der Waals surface area contributed by atoms with E-state index in [4.69, 9.17) is 4.74 Å². The molecule has 3 heterocycles. The van der Waals surface area contributed by atoms with Gasteiger partial charge in [0.1, 0.15) is 5.82 Å². The summed E-state index contributed by atoms with van der Waals surface area (Å²) in [6, 6.07) is 9.83. The molecule has 38 heavy (non-hydrogen) atoms. The summed E-state index contributed by atoms with van der Waals surface area (Å²) in [5.41, 5.74) is 0.875. The molecule has 2 aromatic carbocycles. The van der Waals surface area contributed by atoms with E-state index in [1.165, 1.54) is 12.1 Å². The molecule has 0 bridgehead atoms. The maximum atomic E-state index is 14.6. The SMILES string of the molecule is CCOC(=O)N1CCN(C(=O)[C@H]2Cc3cc(C(F)(F)F)ccc3N3CCN(c4ccccc4F)C[C@H]23)CC1. The van der Waals surface area contributed by atoms with E-state index >= 15 is 0 Å². The molecule has 2 atom stereocenters. The minimum atomic E-state index is -4.49. The van der Waals surface area contributed by atoms with Crippen molar-refractivity contribution in [1.29, 1.82) is 0 Å². The lowest BCUT2D eigenvalue weighted by molar-refractivity contribution is -0.138. The highest BCUT2D eigenvalue weighted by molar-refractivity contribution is 5.83. The molecule has 7 nitrogen and oxygen atoms in total. The Bertz CT molecular complexity index is 1200. The van der Waals surface area contributed by atoms with Gasteiger partial charge < -0.3 is 24.3 Å². The number of nitrogens with zero attached hydrogens (tertiary/aromatic N) is 4. The summed E-state index contributed by atoms with van der Waals surface area (Å²) in [4.78, 5) is 33.1. The minimum Gasteiger partial charge on any atom is -0.450 e.